The summed E-state index contributed by atoms with van der Waals surface area (Å²) in [5.74, 6) is -1.69. The third-order valence-corrected chi connectivity index (χ3v) is 5.07. The van der Waals surface area contributed by atoms with E-state index in [1.807, 2.05) is 37.3 Å². The molecule has 0 aromatic heterocycles. The second-order valence-corrected chi connectivity index (χ2v) is 6.14. The van der Waals surface area contributed by atoms with Crippen molar-refractivity contribution >= 4 is 5.84 Å². The van der Waals surface area contributed by atoms with E-state index in [9.17, 15) is 10.5 Å². The quantitative estimate of drug-likeness (QED) is 0.809. The third-order valence-electron chi connectivity index (χ3n) is 5.07. The summed E-state index contributed by atoms with van der Waals surface area (Å²) in [6.07, 6.45) is 1.63. The van der Waals surface area contributed by atoms with Crippen molar-refractivity contribution in [1.29, 1.82) is 10.5 Å². The average molecular weight is 337 g/mol. The highest BCUT2D eigenvalue weighted by atomic mass is 16.7. The Kier molecular flexibility index (Phi) is 3.80. The molecule has 2 heterocycles. The van der Waals surface area contributed by atoms with Crippen LogP contribution in [0.1, 0.15) is 18.5 Å². The van der Waals surface area contributed by atoms with Gasteiger partial charge in [-0.1, -0.05) is 30.3 Å². The molecule has 128 valence electrons. The predicted octanol–water partition coefficient (Wildman–Crippen LogP) is 1.57. The van der Waals surface area contributed by atoms with E-state index in [1.165, 1.54) is 14.2 Å². The summed E-state index contributed by atoms with van der Waals surface area (Å²) in [4.78, 5) is 4.32. The molecule has 0 radical (unpaired) electrons. The molecular weight excluding hydrogens is 318 g/mol. The van der Waals surface area contributed by atoms with Gasteiger partial charge in [0.15, 0.2) is 10.8 Å². The van der Waals surface area contributed by atoms with Crippen LogP contribution in [0.2, 0.25) is 0 Å². The first-order valence-electron chi connectivity index (χ1n) is 7.76. The largest absolute Gasteiger partial charge is 0.386 e. The lowest BCUT2D eigenvalue weighted by molar-refractivity contribution is -0.250. The minimum absolute atomic E-state index is 0.00496. The molecule has 2 aliphatic heterocycles. The van der Waals surface area contributed by atoms with E-state index in [4.69, 9.17) is 15.2 Å². The number of nitrogens with one attached hydrogen (secondary N) is 1. The molecule has 0 spiro atoms. The van der Waals surface area contributed by atoms with Gasteiger partial charge >= 0.3 is 0 Å². The fourth-order valence-electron chi connectivity index (χ4n) is 3.95. The Labute approximate surface area is 146 Å². The molecule has 0 fully saturated rings. The van der Waals surface area contributed by atoms with Gasteiger partial charge in [-0.05, 0) is 18.6 Å². The summed E-state index contributed by atoms with van der Waals surface area (Å²) in [7, 11) is 2.77. The summed E-state index contributed by atoms with van der Waals surface area (Å²) in [6, 6.07) is 13.3. The Hall–Kier alpha value is -2.87. The Balaban J connectivity index is 2.38. The van der Waals surface area contributed by atoms with E-state index >= 15 is 0 Å². The smallest absolute Gasteiger partial charge is 0.296 e. The molecule has 1 aromatic rings. The maximum Gasteiger partial charge on any atom is 0.296 e. The van der Waals surface area contributed by atoms with Gasteiger partial charge in [-0.3, -0.25) is 0 Å². The van der Waals surface area contributed by atoms with Crippen molar-refractivity contribution in [3.05, 3.63) is 47.7 Å². The zero-order valence-corrected chi connectivity index (χ0v) is 14.3. The van der Waals surface area contributed by atoms with Crippen molar-refractivity contribution in [2.75, 3.05) is 14.2 Å². The molecule has 1 aromatic carbocycles. The SMILES string of the molecule is COC1(OC)N=C(N)[C@]2(C#N)[C@@H](c3ccccc3)NC(C)=C[C@]12C#N. The molecule has 0 aliphatic carbocycles. The van der Waals surface area contributed by atoms with Crippen molar-refractivity contribution in [2.45, 2.75) is 18.9 Å². The second kappa shape index (κ2) is 5.59. The highest BCUT2D eigenvalue weighted by molar-refractivity contribution is 5.95. The van der Waals surface area contributed by atoms with Crippen molar-refractivity contribution in [1.82, 2.24) is 5.32 Å². The molecule has 3 N–H and O–H groups in total. The first-order chi connectivity index (χ1) is 12.0. The van der Waals surface area contributed by atoms with E-state index in [0.717, 1.165) is 5.56 Å². The second-order valence-electron chi connectivity index (χ2n) is 6.14. The molecule has 0 saturated heterocycles. The van der Waals surface area contributed by atoms with Crippen LogP contribution < -0.4 is 11.1 Å². The van der Waals surface area contributed by atoms with Crippen LogP contribution in [0.25, 0.3) is 0 Å². The predicted molar refractivity (Wildman–Crippen MR) is 90.5 cm³/mol. The Bertz CT molecular complexity index is 831. The zero-order chi connectivity index (χ0) is 18.3. The highest BCUT2D eigenvalue weighted by Crippen LogP contribution is 2.62. The summed E-state index contributed by atoms with van der Waals surface area (Å²) in [5.41, 5.74) is 4.74. The van der Waals surface area contributed by atoms with Crippen LogP contribution in [0.15, 0.2) is 47.1 Å². The fourth-order valence-corrected chi connectivity index (χ4v) is 3.95. The number of hydrogen-bond acceptors (Lipinski definition) is 7. The van der Waals surface area contributed by atoms with Gasteiger partial charge in [-0.2, -0.15) is 10.5 Å². The van der Waals surface area contributed by atoms with Crippen LogP contribution >= 0.6 is 0 Å². The van der Waals surface area contributed by atoms with E-state index in [0.29, 0.717) is 5.70 Å². The van der Waals surface area contributed by atoms with Gasteiger partial charge < -0.3 is 20.5 Å². The van der Waals surface area contributed by atoms with E-state index < -0.39 is 22.8 Å². The molecule has 0 unspecified atom stereocenters. The number of ether oxygens (including phenoxy) is 2. The molecule has 7 heteroatoms. The average Bonchev–Trinajstić information content (AvgIpc) is 2.87. The summed E-state index contributed by atoms with van der Waals surface area (Å²) >= 11 is 0. The lowest BCUT2D eigenvalue weighted by Crippen LogP contribution is -2.61. The van der Waals surface area contributed by atoms with Gasteiger partial charge in [0.1, 0.15) is 5.84 Å². The molecule has 7 nitrogen and oxygen atoms in total. The standard InChI is InChI=1S/C18H19N5O2/c1-12-9-16(10-19)17(11-20,15(21)23-18(16,24-2)25-3)14(22-12)13-7-5-4-6-8-13/h4-9,14,22H,1-3H3,(H2,21,23)/t14-,16-,17+/m1/s1. The molecule has 0 bridgehead atoms. The van der Waals surface area contributed by atoms with Gasteiger partial charge in [-0.25, -0.2) is 4.99 Å². The summed E-state index contributed by atoms with van der Waals surface area (Å²) in [6.45, 7) is 1.82. The van der Waals surface area contributed by atoms with Crippen molar-refractivity contribution in [3.8, 4) is 12.1 Å². The number of fused-ring (bicyclic) bond motifs is 1. The van der Waals surface area contributed by atoms with E-state index in [1.54, 1.807) is 6.08 Å². The van der Waals surface area contributed by atoms with Crippen molar-refractivity contribution in [2.24, 2.45) is 21.6 Å². The van der Waals surface area contributed by atoms with Crippen LogP contribution in [-0.2, 0) is 9.47 Å². The number of allylic oxidation sites excluding steroid dienone is 1. The van der Waals surface area contributed by atoms with Gasteiger partial charge in [0.05, 0.1) is 18.2 Å². The van der Waals surface area contributed by atoms with Crippen LogP contribution in [0.5, 0.6) is 0 Å². The normalized spacial score (nSPS) is 32.4. The van der Waals surface area contributed by atoms with Crippen molar-refractivity contribution < 1.29 is 9.47 Å². The van der Waals surface area contributed by atoms with Crippen LogP contribution in [0.4, 0.5) is 0 Å². The highest BCUT2D eigenvalue weighted by Gasteiger charge is 2.76. The van der Waals surface area contributed by atoms with Gasteiger partial charge in [0.2, 0.25) is 0 Å². The lowest BCUT2D eigenvalue weighted by atomic mass is 9.57. The summed E-state index contributed by atoms with van der Waals surface area (Å²) in [5, 5.41) is 23.7. The number of rotatable bonds is 3. The number of nitrogens with zero attached hydrogens (tertiary/aromatic N) is 3. The topological polar surface area (TPSA) is 116 Å². The number of methoxy groups -OCH3 is 2. The third kappa shape index (κ3) is 1.82. The monoisotopic (exact) mass is 337 g/mol. The van der Waals surface area contributed by atoms with Gasteiger partial charge in [-0.15, -0.1) is 0 Å². The molecule has 0 saturated carbocycles. The van der Waals surface area contributed by atoms with Crippen molar-refractivity contribution in [3.63, 3.8) is 0 Å². The first kappa shape index (κ1) is 17.0. The number of nitrogens with two attached hydrogens (primary N) is 1. The van der Waals surface area contributed by atoms with E-state index in [-0.39, 0.29) is 5.84 Å². The van der Waals surface area contributed by atoms with Crippen LogP contribution in [0.3, 0.4) is 0 Å². The maximum absolute atomic E-state index is 10.2. The van der Waals surface area contributed by atoms with Crippen LogP contribution in [0, 0.1) is 33.5 Å². The zero-order valence-electron chi connectivity index (χ0n) is 14.3. The Morgan fingerprint density at radius 2 is 1.80 bits per heavy atom. The number of amidine groups is 1. The minimum Gasteiger partial charge on any atom is -0.386 e. The molecule has 2 aliphatic rings. The van der Waals surface area contributed by atoms with Gasteiger partial charge in [0.25, 0.3) is 5.91 Å². The van der Waals surface area contributed by atoms with E-state index in [2.05, 4.69) is 22.4 Å². The number of benzene rings is 1. The molecular formula is C18H19N5O2. The number of aliphatic imine (C=N–C) groups is 1. The molecule has 0 amide bonds. The first-order valence-corrected chi connectivity index (χ1v) is 7.76. The molecule has 25 heavy (non-hydrogen) atoms. The maximum atomic E-state index is 10.2. The number of nitriles is 2. The minimum atomic E-state index is -1.70. The van der Waals surface area contributed by atoms with Crippen LogP contribution in [-0.4, -0.2) is 26.0 Å². The summed E-state index contributed by atoms with van der Waals surface area (Å²) < 4.78 is 11.0. The molecule has 3 atom stereocenters. The Morgan fingerprint density at radius 3 is 2.32 bits per heavy atom. The van der Waals surface area contributed by atoms with Gasteiger partial charge in [0, 0.05) is 19.9 Å². The lowest BCUT2D eigenvalue weighted by Gasteiger charge is -2.48. The fraction of sp³-hybridized carbons (Fsp3) is 0.389. The number of hydrogen-bond donors (Lipinski definition) is 2. The Morgan fingerprint density at radius 1 is 1.16 bits per heavy atom. The molecule has 3 rings (SSSR count).